The summed E-state index contributed by atoms with van der Waals surface area (Å²) in [6, 6.07) is 14.2. The molecule has 0 spiro atoms. The lowest BCUT2D eigenvalue weighted by molar-refractivity contribution is 0.171. The number of rotatable bonds is 5. The molecule has 0 aliphatic carbocycles. The molecule has 0 aliphatic rings. The average Bonchev–Trinajstić information content (AvgIpc) is 2.90. The van der Waals surface area contributed by atoms with Crippen LogP contribution in [-0.4, -0.2) is 11.7 Å². The van der Waals surface area contributed by atoms with E-state index in [2.05, 4.69) is 23.7 Å². The molecule has 0 radical (unpaired) electrons. The van der Waals surface area contributed by atoms with E-state index < -0.39 is 6.10 Å². The Hall–Kier alpha value is -1.16. The summed E-state index contributed by atoms with van der Waals surface area (Å²) in [6.07, 6.45) is -0.446. The van der Waals surface area contributed by atoms with Crippen molar-refractivity contribution in [2.45, 2.75) is 19.1 Å². The van der Waals surface area contributed by atoms with Gasteiger partial charge in [-0.05, 0) is 23.9 Å². The number of aliphatic hydroxyl groups is 1. The predicted molar refractivity (Wildman–Crippen MR) is 72.1 cm³/mol. The minimum Gasteiger partial charge on any atom is -0.387 e. The maximum Gasteiger partial charge on any atom is 0.0914 e. The van der Waals surface area contributed by atoms with E-state index >= 15 is 0 Å². The van der Waals surface area contributed by atoms with E-state index in [0.29, 0.717) is 6.54 Å². The van der Waals surface area contributed by atoms with E-state index in [4.69, 9.17) is 0 Å². The van der Waals surface area contributed by atoms with Crippen LogP contribution in [0.2, 0.25) is 0 Å². The Morgan fingerprint density at radius 2 is 1.94 bits per heavy atom. The number of thiophene rings is 1. The molecule has 1 aromatic heterocycles. The molecule has 17 heavy (non-hydrogen) atoms. The number of benzene rings is 1. The van der Waals surface area contributed by atoms with Crippen molar-refractivity contribution in [1.82, 2.24) is 5.32 Å². The molecule has 0 saturated carbocycles. The zero-order valence-electron chi connectivity index (χ0n) is 9.84. The monoisotopic (exact) mass is 247 g/mol. The lowest BCUT2D eigenvalue weighted by Crippen LogP contribution is -2.24. The lowest BCUT2D eigenvalue weighted by Gasteiger charge is -2.16. The predicted octanol–water partition coefficient (Wildman–Crippen LogP) is 3.13. The number of nitrogens with one attached hydrogen (secondary N) is 1. The molecule has 2 N–H and O–H groups in total. The van der Waals surface area contributed by atoms with Crippen LogP contribution < -0.4 is 5.32 Å². The first-order valence-corrected chi connectivity index (χ1v) is 6.65. The molecular weight excluding hydrogens is 230 g/mol. The van der Waals surface area contributed by atoms with Crippen LogP contribution in [0.15, 0.2) is 47.8 Å². The first kappa shape index (κ1) is 12.3. The molecule has 2 aromatic rings. The maximum absolute atomic E-state index is 10.0. The SMILES string of the molecule is C[C@@H](NCC(O)c1ccccc1)c1cccs1. The number of hydrogen-bond donors (Lipinski definition) is 2. The summed E-state index contributed by atoms with van der Waals surface area (Å²) in [4.78, 5) is 1.30. The Morgan fingerprint density at radius 3 is 2.59 bits per heavy atom. The van der Waals surface area contributed by atoms with Crippen LogP contribution in [0.5, 0.6) is 0 Å². The minimum atomic E-state index is -0.446. The van der Waals surface area contributed by atoms with Gasteiger partial charge in [0.1, 0.15) is 0 Å². The van der Waals surface area contributed by atoms with Crippen LogP contribution in [0.25, 0.3) is 0 Å². The van der Waals surface area contributed by atoms with Crippen molar-refractivity contribution < 1.29 is 5.11 Å². The van der Waals surface area contributed by atoms with Crippen molar-refractivity contribution in [3.8, 4) is 0 Å². The van der Waals surface area contributed by atoms with E-state index in [1.807, 2.05) is 36.4 Å². The summed E-state index contributed by atoms with van der Waals surface area (Å²) in [5.41, 5.74) is 0.957. The summed E-state index contributed by atoms with van der Waals surface area (Å²) in [5.74, 6) is 0. The molecule has 3 heteroatoms. The van der Waals surface area contributed by atoms with Crippen molar-refractivity contribution in [3.63, 3.8) is 0 Å². The smallest absolute Gasteiger partial charge is 0.0914 e. The standard InChI is InChI=1S/C14H17NOS/c1-11(14-8-5-9-17-14)15-10-13(16)12-6-3-2-4-7-12/h2-9,11,13,15-16H,10H2,1H3/t11-,13?/m1/s1. The van der Waals surface area contributed by atoms with Crippen molar-refractivity contribution in [2.75, 3.05) is 6.54 Å². The molecule has 0 amide bonds. The zero-order valence-corrected chi connectivity index (χ0v) is 10.7. The van der Waals surface area contributed by atoms with Crippen LogP contribution >= 0.6 is 11.3 Å². The van der Waals surface area contributed by atoms with Crippen molar-refractivity contribution in [3.05, 3.63) is 58.3 Å². The first-order valence-electron chi connectivity index (χ1n) is 5.77. The highest BCUT2D eigenvalue weighted by atomic mass is 32.1. The third kappa shape index (κ3) is 3.40. The molecule has 2 rings (SSSR count). The van der Waals surface area contributed by atoms with Gasteiger partial charge in [-0.25, -0.2) is 0 Å². The molecule has 0 aliphatic heterocycles. The highest BCUT2D eigenvalue weighted by Gasteiger charge is 2.10. The summed E-state index contributed by atoms with van der Waals surface area (Å²) in [7, 11) is 0. The minimum absolute atomic E-state index is 0.286. The normalized spacial score (nSPS) is 14.5. The van der Waals surface area contributed by atoms with E-state index in [0.717, 1.165) is 5.56 Å². The second-order valence-electron chi connectivity index (χ2n) is 4.07. The van der Waals surface area contributed by atoms with Crippen molar-refractivity contribution in [2.24, 2.45) is 0 Å². The highest BCUT2D eigenvalue weighted by Crippen LogP contribution is 2.19. The van der Waals surface area contributed by atoms with Gasteiger partial charge in [0.15, 0.2) is 0 Å². The van der Waals surface area contributed by atoms with Gasteiger partial charge in [0, 0.05) is 17.5 Å². The second-order valence-corrected chi connectivity index (χ2v) is 5.05. The van der Waals surface area contributed by atoms with E-state index in [9.17, 15) is 5.11 Å². The molecule has 2 nitrogen and oxygen atoms in total. The highest BCUT2D eigenvalue weighted by molar-refractivity contribution is 7.10. The molecule has 90 valence electrons. The van der Waals surface area contributed by atoms with Crippen LogP contribution in [-0.2, 0) is 0 Å². The summed E-state index contributed by atoms with van der Waals surface area (Å²) >= 11 is 1.73. The maximum atomic E-state index is 10.0. The molecular formula is C14H17NOS. The number of aliphatic hydroxyl groups excluding tert-OH is 1. The van der Waals surface area contributed by atoms with Gasteiger partial charge in [-0.2, -0.15) is 0 Å². The third-order valence-electron chi connectivity index (χ3n) is 2.77. The van der Waals surface area contributed by atoms with Crippen molar-refractivity contribution >= 4 is 11.3 Å². The largest absolute Gasteiger partial charge is 0.387 e. The Labute approximate surface area is 106 Å². The molecule has 0 fully saturated rings. The molecule has 1 heterocycles. The van der Waals surface area contributed by atoms with Crippen LogP contribution in [0.3, 0.4) is 0 Å². The van der Waals surface area contributed by atoms with Crippen LogP contribution in [0.4, 0.5) is 0 Å². The molecule has 0 bridgehead atoms. The zero-order chi connectivity index (χ0) is 12.1. The van der Waals surface area contributed by atoms with E-state index in [1.165, 1.54) is 4.88 Å². The van der Waals surface area contributed by atoms with Gasteiger partial charge >= 0.3 is 0 Å². The fraction of sp³-hybridized carbons (Fsp3) is 0.286. The first-order chi connectivity index (χ1) is 8.27. The molecule has 1 aromatic carbocycles. The fourth-order valence-corrected chi connectivity index (χ4v) is 2.48. The summed E-state index contributed by atoms with van der Waals surface area (Å²) in [5, 5.41) is 15.4. The van der Waals surface area contributed by atoms with E-state index in [1.54, 1.807) is 11.3 Å². The van der Waals surface area contributed by atoms with Crippen LogP contribution in [0.1, 0.15) is 29.5 Å². The topological polar surface area (TPSA) is 32.3 Å². The van der Waals surface area contributed by atoms with Crippen LogP contribution in [0, 0.1) is 0 Å². The molecule has 2 atom stereocenters. The Balaban J connectivity index is 1.86. The van der Waals surface area contributed by atoms with Gasteiger partial charge in [0.25, 0.3) is 0 Å². The molecule has 0 saturated heterocycles. The Kier molecular flexibility index (Phi) is 4.31. The average molecular weight is 247 g/mol. The fourth-order valence-electron chi connectivity index (χ4n) is 1.72. The van der Waals surface area contributed by atoms with Gasteiger partial charge in [0.05, 0.1) is 6.10 Å². The Morgan fingerprint density at radius 1 is 1.18 bits per heavy atom. The quantitative estimate of drug-likeness (QED) is 0.850. The van der Waals surface area contributed by atoms with E-state index in [-0.39, 0.29) is 6.04 Å². The van der Waals surface area contributed by atoms with Gasteiger partial charge in [0.2, 0.25) is 0 Å². The lowest BCUT2D eigenvalue weighted by atomic mass is 10.1. The van der Waals surface area contributed by atoms with Gasteiger partial charge < -0.3 is 10.4 Å². The van der Waals surface area contributed by atoms with Gasteiger partial charge in [-0.15, -0.1) is 11.3 Å². The Bertz CT molecular complexity index is 427. The number of hydrogen-bond acceptors (Lipinski definition) is 3. The van der Waals surface area contributed by atoms with Crippen molar-refractivity contribution in [1.29, 1.82) is 0 Å². The van der Waals surface area contributed by atoms with Gasteiger partial charge in [-0.1, -0.05) is 36.4 Å². The second kappa shape index (κ2) is 5.96. The van der Waals surface area contributed by atoms with Gasteiger partial charge in [-0.3, -0.25) is 0 Å². The molecule has 1 unspecified atom stereocenters. The summed E-state index contributed by atoms with van der Waals surface area (Å²) < 4.78 is 0. The summed E-state index contributed by atoms with van der Waals surface area (Å²) in [6.45, 7) is 2.69. The third-order valence-corrected chi connectivity index (χ3v) is 3.83.